The van der Waals surface area contributed by atoms with Gasteiger partial charge in [-0.05, 0) is 11.6 Å². The molecule has 20 heavy (non-hydrogen) atoms. The molecule has 0 aromatic heterocycles. The first-order chi connectivity index (χ1) is 9.93. The first-order valence-corrected chi connectivity index (χ1v) is 7.03. The smallest absolute Gasteiger partial charge is 0.127 e. The number of para-hydroxylation sites is 1. The number of rotatable bonds is 4. The predicted octanol–water partition coefficient (Wildman–Crippen LogP) is 2.72. The topological polar surface area (TPSA) is 30.5 Å². The Morgan fingerprint density at radius 1 is 1.05 bits per heavy atom. The van der Waals surface area contributed by atoms with Crippen LogP contribution in [-0.4, -0.2) is 32.4 Å². The molecule has 3 nitrogen and oxygen atoms in total. The second-order valence-electron chi connectivity index (χ2n) is 4.87. The zero-order chi connectivity index (χ0) is 13.6. The first-order valence-electron chi connectivity index (χ1n) is 7.03. The molecule has 3 rings (SSSR count). The van der Waals surface area contributed by atoms with Crippen molar-refractivity contribution in [2.45, 2.75) is 6.10 Å². The van der Waals surface area contributed by atoms with Crippen molar-refractivity contribution in [2.24, 2.45) is 0 Å². The van der Waals surface area contributed by atoms with Gasteiger partial charge in [0.2, 0.25) is 0 Å². The third-order valence-corrected chi connectivity index (χ3v) is 3.40. The van der Waals surface area contributed by atoms with E-state index in [1.165, 1.54) is 5.56 Å². The Bertz CT molecular complexity index is 536. The average molecular weight is 269 g/mol. The second-order valence-corrected chi connectivity index (χ2v) is 4.87. The fourth-order valence-corrected chi connectivity index (χ4v) is 2.36. The summed E-state index contributed by atoms with van der Waals surface area (Å²) in [5.41, 5.74) is 2.29. The summed E-state index contributed by atoms with van der Waals surface area (Å²) in [4.78, 5) is 0. The van der Waals surface area contributed by atoms with Crippen molar-refractivity contribution in [3.63, 3.8) is 0 Å². The van der Waals surface area contributed by atoms with Crippen LogP contribution in [0.4, 0.5) is 0 Å². The van der Waals surface area contributed by atoms with E-state index >= 15 is 0 Å². The fraction of sp³-hybridized carbons (Fsp3) is 0.294. The van der Waals surface area contributed by atoms with Crippen LogP contribution in [0.25, 0.3) is 11.1 Å². The van der Waals surface area contributed by atoms with Crippen LogP contribution in [0, 0.1) is 0 Å². The maximum absolute atomic E-state index is 5.97. The largest absolute Gasteiger partial charge is 0.490 e. The third kappa shape index (κ3) is 3.18. The molecule has 2 aromatic rings. The van der Waals surface area contributed by atoms with E-state index in [-0.39, 0.29) is 6.10 Å². The van der Waals surface area contributed by atoms with Gasteiger partial charge in [0.25, 0.3) is 0 Å². The highest BCUT2D eigenvalue weighted by molar-refractivity contribution is 5.70. The molecule has 1 aliphatic heterocycles. The normalized spacial score (nSPS) is 18.7. The van der Waals surface area contributed by atoms with Crippen molar-refractivity contribution < 1.29 is 9.47 Å². The molecule has 1 heterocycles. The molecule has 1 saturated heterocycles. The summed E-state index contributed by atoms with van der Waals surface area (Å²) in [6, 6.07) is 18.4. The first kappa shape index (κ1) is 13.2. The van der Waals surface area contributed by atoms with Gasteiger partial charge < -0.3 is 14.8 Å². The van der Waals surface area contributed by atoms with Crippen LogP contribution in [-0.2, 0) is 4.74 Å². The number of morpholine rings is 1. The average Bonchev–Trinajstić information content (AvgIpc) is 2.55. The number of hydrogen-bond acceptors (Lipinski definition) is 3. The van der Waals surface area contributed by atoms with Crippen LogP contribution in [0.3, 0.4) is 0 Å². The van der Waals surface area contributed by atoms with Gasteiger partial charge in [-0.15, -0.1) is 0 Å². The zero-order valence-electron chi connectivity index (χ0n) is 11.4. The Morgan fingerprint density at radius 3 is 2.65 bits per heavy atom. The van der Waals surface area contributed by atoms with Crippen molar-refractivity contribution in [2.75, 3.05) is 26.3 Å². The summed E-state index contributed by atoms with van der Waals surface area (Å²) in [6.07, 6.45) is 0.132. The van der Waals surface area contributed by atoms with Crippen molar-refractivity contribution in [1.29, 1.82) is 0 Å². The highest BCUT2D eigenvalue weighted by Gasteiger charge is 2.15. The highest BCUT2D eigenvalue weighted by Crippen LogP contribution is 2.29. The quantitative estimate of drug-likeness (QED) is 0.925. The van der Waals surface area contributed by atoms with E-state index in [0.29, 0.717) is 6.61 Å². The molecule has 0 spiro atoms. The Labute approximate surface area is 119 Å². The molecule has 104 valence electrons. The number of hydrogen-bond donors (Lipinski definition) is 1. The molecule has 3 heteroatoms. The lowest BCUT2D eigenvalue weighted by molar-refractivity contribution is 0.000317. The number of nitrogens with one attached hydrogen (secondary N) is 1. The van der Waals surface area contributed by atoms with Crippen LogP contribution >= 0.6 is 0 Å². The van der Waals surface area contributed by atoms with E-state index in [1.54, 1.807) is 0 Å². The Hall–Kier alpha value is -1.84. The van der Waals surface area contributed by atoms with Gasteiger partial charge in [-0.3, -0.25) is 0 Å². The Balaban J connectivity index is 1.73. The SMILES string of the molecule is c1ccc(-c2ccccc2OCC2CNCCO2)cc1. The molecule has 0 saturated carbocycles. The summed E-state index contributed by atoms with van der Waals surface area (Å²) >= 11 is 0. The van der Waals surface area contributed by atoms with Crippen LogP contribution in [0.15, 0.2) is 54.6 Å². The van der Waals surface area contributed by atoms with E-state index in [1.807, 2.05) is 36.4 Å². The molecule has 0 amide bonds. The molecule has 0 aliphatic carbocycles. The predicted molar refractivity (Wildman–Crippen MR) is 80.0 cm³/mol. The lowest BCUT2D eigenvalue weighted by Gasteiger charge is -2.24. The highest BCUT2D eigenvalue weighted by atomic mass is 16.5. The molecule has 1 fully saturated rings. The summed E-state index contributed by atoms with van der Waals surface area (Å²) in [6.45, 7) is 3.12. The van der Waals surface area contributed by atoms with E-state index in [2.05, 4.69) is 23.5 Å². The van der Waals surface area contributed by atoms with E-state index in [9.17, 15) is 0 Å². The molecule has 1 unspecified atom stereocenters. The van der Waals surface area contributed by atoms with Gasteiger partial charge in [0, 0.05) is 18.7 Å². The number of ether oxygens (including phenoxy) is 2. The maximum atomic E-state index is 5.97. The second kappa shape index (κ2) is 6.55. The molecule has 1 aliphatic rings. The van der Waals surface area contributed by atoms with Crippen molar-refractivity contribution in [3.8, 4) is 16.9 Å². The lowest BCUT2D eigenvalue weighted by atomic mass is 10.1. The minimum atomic E-state index is 0.132. The summed E-state index contributed by atoms with van der Waals surface area (Å²) in [5.74, 6) is 0.910. The fourth-order valence-electron chi connectivity index (χ4n) is 2.36. The zero-order valence-corrected chi connectivity index (χ0v) is 11.4. The van der Waals surface area contributed by atoms with Gasteiger partial charge >= 0.3 is 0 Å². The lowest BCUT2D eigenvalue weighted by Crippen LogP contribution is -2.41. The minimum absolute atomic E-state index is 0.132. The molecule has 0 bridgehead atoms. The third-order valence-electron chi connectivity index (χ3n) is 3.40. The van der Waals surface area contributed by atoms with Crippen molar-refractivity contribution in [1.82, 2.24) is 5.32 Å². The van der Waals surface area contributed by atoms with Crippen LogP contribution in [0.2, 0.25) is 0 Å². The molecular formula is C17H19NO2. The molecule has 1 N–H and O–H groups in total. The van der Waals surface area contributed by atoms with Gasteiger partial charge in [-0.25, -0.2) is 0 Å². The molecule has 2 aromatic carbocycles. The summed E-state index contributed by atoms with van der Waals surface area (Å²) in [7, 11) is 0. The van der Waals surface area contributed by atoms with Gasteiger partial charge in [0.1, 0.15) is 18.5 Å². The van der Waals surface area contributed by atoms with Crippen LogP contribution in [0.5, 0.6) is 5.75 Å². The Morgan fingerprint density at radius 2 is 1.85 bits per heavy atom. The molecular weight excluding hydrogens is 250 g/mol. The molecule has 0 radical (unpaired) electrons. The maximum Gasteiger partial charge on any atom is 0.127 e. The van der Waals surface area contributed by atoms with Crippen molar-refractivity contribution >= 4 is 0 Å². The van der Waals surface area contributed by atoms with Gasteiger partial charge in [-0.1, -0.05) is 48.5 Å². The number of benzene rings is 2. The van der Waals surface area contributed by atoms with Crippen molar-refractivity contribution in [3.05, 3.63) is 54.6 Å². The monoisotopic (exact) mass is 269 g/mol. The van der Waals surface area contributed by atoms with Gasteiger partial charge in [0.05, 0.1) is 6.61 Å². The van der Waals surface area contributed by atoms with E-state index in [4.69, 9.17) is 9.47 Å². The van der Waals surface area contributed by atoms with Gasteiger partial charge in [-0.2, -0.15) is 0 Å². The van der Waals surface area contributed by atoms with E-state index < -0.39 is 0 Å². The van der Waals surface area contributed by atoms with E-state index in [0.717, 1.165) is 31.0 Å². The summed E-state index contributed by atoms with van der Waals surface area (Å²) in [5, 5.41) is 3.31. The molecule has 1 atom stereocenters. The van der Waals surface area contributed by atoms with Crippen LogP contribution < -0.4 is 10.1 Å². The Kier molecular flexibility index (Phi) is 4.31. The standard InChI is InChI=1S/C17H19NO2/c1-2-6-14(7-3-1)16-8-4-5-9-17(16)20-13-15-12-18-10-11-19-15/h1-9,15,18H,10-13H2. The van der Waals surface area contributed by atoms with Gasteiger partial charge in [0.15, 0.2) is 0 Å². The van der Waals surface area contributed by atoms with Crippen LogP contribution in [0.1, 0.15) is 0 Å². The minimum Gasteiger partial charge on any atom is -0.490 e. The summed E-state index contributed by atoms with van der Waals surface area (Å²) < 4.78 is 11.6.